The molecule has 1 rings (SSSR count). The zero-order valence-corrected chi connectivity index (χ0v) is 11.5. The van der Waals surface area contributed by atoms with Crippen molar-refractivity contribution < 1.29 is 9.53 Å². The van der Waals surface area contributed by atoms with Crippen LogP contribution in [0.3, 0.4) is 0 Å². The van der Waals surface area contributed by atoms with E-state index in [1.807, 2.05) is 34.6 Å². The van der Waals surface area contributed by atoms with Crippen molar-refractivity contribution >= 4 is 11.9 Å². The molecule has 1 aliphatic rings. The fourth-order valence-corrected chi connectivity index (χ4v) is 1.55. The standard InChI is InChI=1S/C12H23N3O2/c1-11(2,3)15-10-13-8(9(16)14-10)7-12(4,5)17-6/h8H,7H2,1-6H3,(H2,13,14,15,16). The lowest BCUT2D eigenvalue weighted by atomic mass is 9.99. The van der Waals surface area contributed by atoms with Gasteiger partial charge in [0.15, 0.2) is 5.96 Å². The monoisotopic (exact) mass is 241 g/mol. The minimum atomic E-state index is -0.366. The van der Waals surface area contributed by atoms with Gasteiger partial charge in [0.2, 0.25) is 0 Å². The van der Waals surface area contributed by atoms with Gasteiger partial charge in [-0.3, -0.25) is 10.1 Å². The number of ether oxygens (including phenoxy) is 1. The lowest BCUT2D eigenvalue weighted by molar-refractivity contribution is -0.121. The summed E-state index contributed by atoms with van der Waals surface area (Å²) in [6.07, 6.45) is 0.574. The zero-order chi connectivity index (χ0) is 13.3. The molecule has 0 fully saturated rings. The minimum absolute atomic E-state index is 0.0677. The molecular formula is C12H23N3O2. The molecule has 1 amide bonds. The minimum Gasteiger partial charge on any atom is -0.379 e. The van der Waals surface area contributed by atoms with E-state index in [0.29, 0.717) is 12.4 Å². The Hall–Kier alpha value is -1.10. The lowest BCUT2D eigenvalue weighted by Crippen LogP contribution is -2.47. The van der Waals surface area contributed by atoms with Crippen LogP contribution in [0.25, 0.3) is 0 Å². The fourth-order valence-electron chi connectivity index (χ4n) is 1.55. The summed E-state index contributed by atoms with van der Waals surface area (Å²) in [5.74, 6) is 0.487. The van der Waals surface area contributed by atoms with E-state index >= 15 is 0 Å². The van der Waals surface area contributed by atoms with E-state index in [1.54, 1.807) is 7.11 Å². The van der Waals surface area contributed by atoms with Crippen LogP contribution in [0.2, 0.25) is 0 Å². The van der Waals surface area contributed by atoms with E-state index in [9.17, 15) is 4.79 Å². The van der Waals surface area contributed by atoms with Crippen LogP contribution in [0.4, 0.5) is 0 Å². The molecule has 1 atom stereocenters. The summed E-state index contributed by atoms with van der Waals surface area (Å²) < 4.78 is 5.31. The topological polar surface area (TPSA) is 62.7 Å². The molecule has 0 saturated heterocycles. The third kappa shape index (κ3) is 4.34. The first-order valence-electron chi connectivity index (χ1n) is 5.85. The summed E-state index contributed by atoms with van der Waals surface area (Å²) in [5, 5.41) is 5.91. The predicted octanol–water partition coefficient (Wildman–Crippen LogP) is 1.04. The third-order valence-electron chi connectivity index (χ3n) is 2.56. The highest BCUT2D eigenvalue weighted by Gasteiger charge is 2.33. The predicted molar refractivity (Wildman–Crippen MR) is 68.0 cm³/mol. The van der Waals surface area contributed by atoms with Crippen LogP contribution in [0.1, 0.15) is 41.0 Å². The molecule has 0 aromatic rings. The molecule has 0 bridgehead atoms. The maximum Gasteiger partial charge on any atom is 0.251 e. The van der Waals surface area contributed by atoms with Crippen LogP contribution in [0.15, 0.2) is 4.99 Å². The molecular weight excluding hydrogens is 218 g/mol. The zero-order valence-electron chi connectivity index (χ0n) is 11.5. The van der Waals surface area contributed by atoms with Crippen LogP contribution in [0.5, 0.6) is 0 Å². The first-order chi connectivity index (χ1) is 7.63. The molecule has 17 heavy (non-hydrogen) atoms. The fraction of sp³-hybridized carbons (Fsp3) is 0.833. The molecule has 5 nitrogen and oxygen atoms in total. The molecule has 0 aliphatic carbocycles. The second kappa shape index (κ2) is 4.64. The average Bonchev–Trinajstić information content (AvgIpc) is 2.43. The van der Waals surface area contributed by atoms with E-state index in [1.165, 1.54) is 0 Å². The summed E-state index contributed by atoms with van der Waals surface area (Å²) >= 11 is 0. The van der Waals surface area contributed by atoms with Gasteiger partial charge in [0.25, 0.3) is 5.91 Å². The molecule has 2 N–H and O–H groups in total. The van der Waals surface area contributed by atoms with E-state index in [4.69, 9.17) is 4.74 Å². The number of methoxy groups -OCH3 is 1. The van der Waals surface area contributed by atoms with Gasteiger partial charge >= 0.3 is 0 Å². The van der Waals surface area contributed by atoms with E-state index in [2.05, 4.69) is 15.6 Å². The molecule has 1 unspecified atom stereocenters. The van der Waals surface area contributed by atoms with Crippen LogP contribution in [-0.2, 0) is 9.53 Å². The normalized spacial score (nSPS) is 21.2. The third-order valence-corrected chi connectivity index (χ3v) is 2.56. The van der Waals surface area contributed by atoms with Gasteiger partial charge < -0.3 is 10.1 Å². The summed E-state index contributed by atoms with van der Waals surface area (Å²) in [6, 6.07) is -0.366. The van der Waals surface area contributed by atoms with Crippen LogP contribution in [-0.4, -0.2) is 36.2 Å². The lowest BCUT2D eigenvalue weighted by Gasteiger charge is -2.23. The molecule has 1 aliphatic heterocycles. The van der Waals surface area contributed by atoms with Gasteiger partial charge in [-0.15, -0.1) is 0 Å². The maximum atomic E-state index is 11.7. The van der Waals surface area contributed by atoms with Crippen molar-refractivity contribution in [2.45, 2.75) is 58.2 Å². The second-order valence-corrected chi connectivity index (χ2v) is 6.03. The number of carbonyl (C=O) groups excluding carboxylic acids is 1. The first kappa shape index (κ1) is 14.0. The van der Waals surface area contributed by atoms with Crippen LogP contribution < -0.4 is 10.6 Å². The molecule has 0 spiro atoms. The quantitative estimate of drug-likeness (QED) is 0.776. The number of nitrogens with zero attached hydrogens (tertiary/aromatic N) is 1. The van der Waals surface area contributed by atoms with E-state index < -0.39 is 0 Å². The Labute approximate surface area is 103 Å². The summed E-state index contributed by atoms with van der Waals surface area (Å²) in [5.41, 5.74) is -0.458. The molecule has 0 saturated carbocycles. The van der Waals surface area contributed by atoms with Crippen molar-refractivity contribution in [1.29, 1.82) is 0 Å². The van der Waals surface area contributed by atoms with Gasteiger partial charge in [0.1, 0.15) is 6.04 Å². The number of guanidine groups is 1. The first-order valence-corrected chi connectivity index (χ1v) is 5.85. The number of carbonyl (C=O) groups is 1. The number of nitrogens with one attached hydrogen (secondary N) is 2. The van der Waals surface area contributed by atoms with Crippen molar-refractivity contribution in [3.8, 4) is 0 Å². The maximum absolute atomic E-state index is 11.7. The second-order valence-electron chi connectivity index (χ2n) is 6.03. The molecule has 5 heteroatoms. The largest absolute Gasteiger partial charge is 0.379 e. The highest BCUT2D eigenvalue weighted by molar-refractivity contribution is 6.05. The van der Waals surface area contributed by atoms with Gasteiger partial charge in [-0.2, -0.15) is 0 Å². The Bertz CT molecular complexity index is 329. The highest BCUT2D eigenvalue weighted by atomic mass is 16.5. The Morgan fingerprint density at radius 3 is 2.41 bits per heavy atom. The van der Waals surface area contributed by atoms with Crippen LogP contribution in [0, 0.1) is 0 Å². The molecule has 0 aromatic heterocycles. The van der Waals surface area contributed by atoms with Gasteiger partial charge in [-0.1, -0.05) is 0 Å². The SMILES string of the molecule is COC(C)(C)CC1N=C(NC(C)(C)C)NC1=O. The van der Waals surface area contributed by atoms with E-state index in [-0.39, 0.29) is 23.1 Å². The van der Waals surface area contributed by atoms with Crippen molar-refractivity contribution in [3.63, 3.8) is 0 Å². The number of amides is 1. The Morgan fingerprint density at radius 2 is 1.94 bits per heavy atom. The highest BCUT2D eigenvalue weighted by Crippen LogP contribution is 2.19. The average molecular weight is 241 g/mol. The van der Waals surface area contributed by atoms with Crippen molar-refractivity contribution in [1.82, 2.24) is 10.6 Å². The Morgan fingerprint density at radius 1 is 1.35 bits per heavy atom. The molecule has 0 radical (unpaired) electrons. The van der Waals surface area contributed by atoms with Crippen molar-refractivity contribution in [2.24, 2.45) is 4.99 Å². The van der Waals surface area contributed by atoms with Gasteiger partial charge in [0.05, 0.1) is 5.60 Å². The smallest absolute Gasteiger partial charge is 0.251 e. The molecule has 1 heterocycles. The Balaban J connectivity index is 2.67. The van der Waals surface area contributed by atoms with Crippen molar-refractivity contribution in [3.05, 3.63) is 0 Å². The van der Waals surface area contributed by atoms with Crippen LogP contribution >= 0.6 is 0 Å². The Kier molecular flexibility index (Phi) is 3.81. The van der Waals surface area contributed by atoms with Gasteiger partial charge in [0, 0.05) is 19.1 Å². The summed E-state index contributed by atoms with van der Waals surface area (Å²) in [4.78, 5) is 16.1. The number of hydrogen-bond donors (Lipinski definition) is 2. The molecule has 98 valence electrons. The van der Waals surface area contributed by atoms with E-state index in [0.717, 1.165) is 0 Å². The number of hydrogen-bond acceptors (Lipinski definition) is 4. The summed E-state index contributed by atoms with van der Waals surface area (Å²) in [6.45, 7) is 9.96. The van der Waals surface area contributed by atoms with Gasteiger partial charge in [-0.05, 0) is 34.6 Å². The number of aliphatic imine (C=N–C) groups is 1. The van der Waals surface area contributed by atoms with Gasteiger partial charge in [-0.25, -0.2) is 4.99 Å². The molecule has 0 aromatic carbocycles. The number of rotatable bonds is 3. The van der Waals surface area contributed by atoms with Crippen molar-refractivity contribution in [2.75, 3.05) is 7.11 Å². The summed E-state index contributed by atoms with van der Waals surface area (Å²) in [7, 11) is 1.64.